The molecule has 0 bridgehead atoms. The van der Waals surface area contributed by atoms with Crippen molar-refractivity contribution in [3.63, 3.8) is 0 Å². The van der Waals surface area contributed by atoms with Gasteiger partial charge in [0.1, 0.15) is 11.5 Å². The van der Waals surface area contributed by atoms with Crippen LogP contribution in [0.3, 0.4) is 0 Å². The molecule has 2 aromatic rings. The molecule has 0 atom stereocenters. The number of aromatic carboxylic acids is 1. The highest BCUT2D eigenvalue weighted by Gasteiger charge is 2.07. The van der Waals surface area contributed by atoms with Gasteiger partial charge in [0, 0.05) is 6.54 Å². The fourth-order valence-corrected chi connectivity index (χ4v) is 1.55. The monoisotopic (exact) mass is 274 g/mol. The van der Waals surface area contributed by atoms with Crippen LogP contribution < -0.4 is 5.32 Å². The zero-order valence-corrected chi connectivity index (χ0v) is 10.3. The average Bonchev–Trinajstić information content (AvgIpc) is 2.46. The molecule has 1 aromatic carbocycles. The number of carbonyl (C=O) groups excluding carboxylic acids is 1. The van der Waals surface area contributed by atoms with Crippen LogP contribution in [0.2, 0.25) is 0 Å². The molecule has 102 valence electrons. The molecule has 0 aliphatic rings. The summed E-state index contributed by atoms with van der Waals surface area (Å²) in [5.74, 6) is -1.94. The van der Waals surface area contributed by atoms with Gasteiger partial charge in [0.15, 0.2) is 0 Å². The summed E-state index contributed by atoms with van der Waals surface area (Å²) in [5.41, 5.74) is 1.05. The number of halogens is 1. The number of carboxylic acids is 1. The molecule has 5 nitrogen and oxygen atoms in total. The van der Waals surface area contributed by atoms with Gasteiger partial charge in [0.2, 0.25) is 0 Å². The first kappa shape index (κ1) is 13.7. The lowest BCUT2D eigenvalue weighted by atomic mass is 10.1. The summed E-state index contributed by atoms with van der Waals surface area (Å²) in [6.45, 7) is 0.234. The molecular formula is C14H11FN2O3. The molecule has 20 heavy (non-hydrogen) atoms. The van der Waals surface area contributed by atoms with Gasteiger partial charge in [-0.2, -0.15) is 0 Å². The summed E-state index contributed by atoms with van der Waals surface area (Å²) in [6.07, 6.45) is 0.969. The molecule has 1 amide bonds. The van der Waals surface area contributed by atoms with Crippen LogP contribution in [0, 0.1) is 5.82 Å². The largest absolute Gasteiger partial charge is 0.478 e. The van der Waals surface area contributed by atoms with E-state index >= 15 is 0 Å². The lowest BCUT2D eigenvalue weighted by molar-refractivity contribution is 0.0696. The zero-order chi connectivity index (χ0) is 14.5. The standard InChI is InChI=1S/C14H11FN2O3/c15-11-5-6-12(16-8-11)13(18)17-7-9-1-3-10(4-2-9)14(19)20/h1-6,8H,7H2,(H,17,18)(H,19,20). The minimum Gasteiger partial charge on any atom is -0.478 e. The van der Waals surface area contributed by atoms with E-state index in [1.807, 2.05) is 0 Å². The number of aromatic nitrogens is 1. The van der Waals surface area contributed by atoms with Crippen molar-refractivity contribution in [2.45, 2.75) is 6.54 Å². The Morgan fingerprint density at radius 1 is 1.15 bits per heavy atom. The molecule has 2 N–H and O–H groups in total. The van der Waals surface area contributed by atoms with E-state index in [1.54, 1.807) is 12.1 Å². The van der Waals surface area contributed by atoms with Crippen LogP contribution >= 0.6 is 0 Å². The van der Waals surface area contributed by atoms with Crippen LogP contribution in [0.15, 0.2) is 42.6 Å². The van der Waals surface area contributed by atoms with Crippen molar-refractivity contribution in [2.24, 2.45) is 0 Å². The predicted molar refractivity (Wildman–Crippen MR) is 68.8 cm³/mol. The van der Waals surface area contributed by atoms with Gasteiger partial charge in [-0.25, -0.2) is 14.2 Å². The van der Waals surface area contributed by atoms with Gasteiger partial charge in [-0.3, -0.25) is 4.79 Å². The summed E-state index contributed by atoms with van der Waals surface area (Å²) < 4.78 is 12.7. The van der Waals surface area contributed by atoms with Crippen molar-refractivity contribution < 1.29 is 19.1 Å². The van der Waals surface area contributed by atoms with Crippen LogP contribution in [0.5, 0.6) is 0 Å². The van der Waals surface area contributed by atoms with Crippen molar-refractivity contribution in [3.05, 3.63) is 65.2 Å². The van der Waals surface area contributed by atoms with Gasteiger partial charge in [0.05, 0.1) is 11.8 Å². The van der Waals surface area contributed by atoms with Gasteiger partial charge < -0.3 is 10.4 Å². The Hall–Kier alpha value is -2.76. The Balaban J connectivity index is 1.96. The summed E-state index contributed by atoms with van der Waals surface area (Å²) in [6, 6.07) is 8.59. The number of carboxylic acid groups (broad SMARTS) is 1. The third-order valence-corrected chi connectivity index (χ3v) is 2.61. The number of benzene rings is 1. The summed E-state index contributed by atoms with van der Waals surface area (Å²) >= 11 is 0. The van der Waals surface area contributed by atoms with Gasteiger partial charge in [-0.1, -0.05) is 12.1 Å². The number of carbonyl (C=O) groups is 2. The fourth-order valence-electron chi connectivity index (χ4n) is 1.55. The topological polar surface area (TPSA) is 79.3 Å². The van der Waals surface area contributed by atoms with Crippen molar-refractivity contribution >= 4 is 11.9 Å². The van der Waals surface area contributed by atoms with Gasteiger partial charge in [0.25, 0.3) is 5.91 Å². The van der Waals surface area contributed by atoms with E-state index in [0.29, 0.717) is 0 Å². The van der Waals surface area contributed by atoms with Crippen molar-refractivity contribution in [1.29, 1.82) is 0 Å². The van der Waals surface area contributed by atoms with Crippen LogP contribution in [-0.2, 0) is 6.54 Å². The third-order valence-electron chi connectivity index (χ3n) is 2.61. The van der Waals surface area contributed by atoms with Crippen LogP contribution in [0.4, 0.5) is 4.39 Å². The van der Waals surface area contributed by atoms with Gasteiger partial charge >= 0.3 is 5.97 Å². The Labute approximate surface area is 114 Å². The molecular weight excluding hydrogens is 263 g/mol. The minimum atomic E-state index is -1.00. The van der Waals surface area contributed by atoms with E-state index in [2.05, 4.69) is 10.3 Å². The molecule has 6 heteroatoms. The highest BCUT2D eigenvalue weighted by atomic mass is 19.1. The number of rotatable bonds is 4. The lowest BCUT2D eigenvalue weighted by Crippen LogP contribution is -2.23. The third kappa shape index (κ3) is 3.38. The SMILES string of the molecule is O=C(O)c1ccc(CNC(=O)c2ccc(F)cn2)cc1. The van der Waals surface area contributed by atoms with Crippen molar-refractivity contribution in [3.8, 4) is 0 Å². The number of nitrogens with one attached hydrogen (secondary N) is 1. The lowest BCUT2D eigenvalue weighted by Gasteiger charge is -2.05. The first-order chi connectivity index (χ1) is 9.56. The molecule has 1 aromatic heterocycles. The molecule has 0 fully saturated rings. The van der Waals surface area contributed by atoms with Crippen LogP contribution in [-0.4, -0.2) is 22.0 Å². The Morgan fingerprint density at radius 2 is 1.85 bits per heavy atom. The molecule has 0 unspecified atom stereocenters. The van der Waals surface area contributed by atoms with Crippen molar-refractivity contribution in [1.82, 2.24) is 10.3 Å². The number of hydrogen-bond donors (Lipinski definition) is 2. The molecule has 2 rings (SSSR count). The summed E-state index contributed by atoms with van der Waals surface area (Å²) in [5, 5.41) is 11.4. The van der Waals surface area contributed by atoms with E-state index in [1.165, 1.54) is 18.2 Å². The number of hydrogen-bond acceptors (Lipinski definition) is 3. The molecule has 0 radical (unpaired) electrons. The first-order valence-corrected chi connectivity index (χ1v) is 5.78. The smallest absolute Gasteiger partial charge is 0.335 e. The minimum absolute atomic E-state index is 0.119. The quantitative estimate of drug-likeness (QED) is 0.891. The Kier molecular flexibility index (Phi) is 4.05. The second kappa shape index (κ2) is 5.92. The maximum Gasteiger partial charge on any atom is 0.335 e. The van der Waals surface area contributed by atoms with E-state index in [0.717, 1.165) is 17.8 Å². The second-order valence-corrected chi connectivity index (χ2v) is 4.05. The number of pyridine rings is 1. The average molecular weight is 274 g/mol. The first-order valence-electron chi connectivity index (χ1n) is 5.78. The number of nitrogens with zero attached hydrogens (tertiary/aromatic N) is 1. The van der Waals surface area contributed by atoms with Crippen LogP contribution in [0.1, 0.15) is 26.4 Å². The Bertz CT molecular complexity index is 624. The second-order valence-electron chi connectivity index (χ2n) is 4.05. The van der Waals surface area contributed by atoms with Crippen molar-refractivity contribution in [2.75, 3.05) is 0 Å². The predicted octanol–water partition coefficient (Wildman–Crippen LogP) is 1.85. The maximum absolute atomic E-state index is 12.7. The molecule has 0 saturated heterocycles. The zero-order valence-electron chi connectivity index (χ0n) is 10.3. The van der Waals surface area contributed by atoms with E-state index < -0.39 is 17.7 Å². The van der Waals surface area contributed by atoms with Gasteiger partial charge in [-0.05, 0) is 29.8 Å². The highest BCUT2D eigenvalue weighted by molar-refractivity contribution is 5.92. The molecule has 0 saturated carbocycles. The summed E-state index contributed by atoms with van der Waals surface area (Å²) in [4.78, 5) is 26.1. The Morgan fingerprint density at radius 3 is 2.40 bits per heavy atom. The van der Waals surface area contributed by atoms with Gasteiger partial charge in [-0.15, -0.1) is 0 Å². The fraction of sp³-hybridized carbons (Fsp3) is 0.0714. The highest BCUT2D eigenvalue weighted by Crippen LogP contribution is 2.05. The van der Waals surface area contributed by atoms with E-state index in [-0.39, 0.29) is 17.8 Å². The number of amides is 1. The molecule has 0 aliphatic carbocycles. The van der Waals surface area contributed by atoms with Crippen LogP contribution in [0.25, 0.3) is 0 Å². The normalized spacial score (nSPS) is 10.1. The molecule has 0 spiro atoms. The maximum atomic E-state index is 12.7. The molecule has 1 heterocycles. The molecule has 0 aliphatic heterocycles. The van der Waals surface area contributed by atoms with E-state index in [4.69, 9.17) is 5.11 Å². The summed E-state index contributed by atoms with van der Waals surface area (Å²) in [7, 11) is 0. The van der Waals surface area contributed by atoms with E-state index in [9.17, 15) is 14.0 Å².